The van der Waals surface area contributed by atoms with Crippen LogP contribution in [0, 0.1) is 11.3 Å². The van der Waals surface area contributed by atoms with E-state index in [2.05, 4.69) is 25.4 Å². The van der Waals surface area contributed by atoms with E-state index >= 15 is 0 Å². The second-order valence-corrected chi connectivity index (χ2v) is 4.73. The number of nitrogens with two attached hydrogens (primary N) is 1. The number of hydrogen-bond acceptors (Lipinski definition) is 6. The van der Waals surface area contributed by atoms with Gasteiger partial charge in [0.05, 0.1) is 18.0 Å². The van der Waals surface area contributed by atoms with Gasteiger partial charge in [-0.25, -0.2) is 4.99 Å². The molecule has 0 aliphatic carbocycles. The zero-order valence-electron chi connectivity index (χ0n) is 12.1. The summed E-state index contributed by atoms with van der Waals surface area (Å²) < 4.78 is 0. The van der Waals surface area contributed by atoms with E-state index < -0.39 is 5.91 Å². The Labute approximate surface area is 128 Å². The molecule has 2 rings (SSSR count). The molecule has 8 heteroatoms. The number of nitrogens with one attached hydrogen (secondary N) is 1. The lowest BCUT2D eigenvalue weighted by molar-refractivity contribution is -0.110. The SMILES string of the molecule is N#C/C=C/N=C(N)C(=O)Nc1ccnnc1N1CCCCC1. The number of amides is 1. The van der Waals surface area contributed by atoms with Crippen molar-refractivity contribution in [3.63, 3.8) is 0 Å². The minimum absolute atomic E-state index is 0.229. The van der Waals surface area contributed by atoms with Crippen LogP contribution in [-0.2, 0) is 4.79 Å². The largest absolute Gasteiger partial charge is 0.379 e. The molecule has 1 aromatic heterocycles. The Bertz CT molecular complexity index is 626. The van der Waals surface area contributed by atoms with Gasteiger partial charge in [0.15, 0.2) is 11.7 Å². The van der Waals surface area contributed by atoms with Crippen LogP contribution in [0.25, 0.3) is 0 Å². The topological polar surface area (TPSA) is 120 Å². The molecular formula is C14H17N7O. The molecule has 114 valence electrons. The van der Waals surface area contributed by atoms with Gasteiger partial charge >= 0.3 is 0 Å². The van der Waals surface area contributed by atoms with Crippen molar-refractivity contribution in [3.05, 3.63) is 24.5 Å². The Morgan fingerprint density at radius 3 is 2.95 bits per heavy atom. The molecule has 1 fully saturated rings. The van der Waals surface area contributed by atoms with E-state index in [-0.39, 0.29) is 5.84 Å². The van der Waals surface area contributed by atoms with Gasteiger partial charge < -0.3 is 16.0 Å². The maximum Gasteiger partial charge on any atom is 0.290 e. The first kappa shape index (κ1) is 15.4. The molecule has 0 atom stereocenters. The summed E-state index contributed by atoms with van der Waals surface area (Å²) in [6, 6.07) is 3.44. The van der Waals surface area contributed by atoms with E-state index in [0.717, 1.165) is 32.0 Å². The first-order valence-electron chi connectivity index (χ1n) is 6.98. The van der Waals surface area contributed by atoms with Crippen LogP contribution < -0.4 is 16.0 Å². The van der Waals surface area contributed by atoms with Crippen molar-refractivity contribution < 1.29 is 4.79 Å². The van der Waals surface area contributed by atoms with E-state index in [1.165, 1.54) is 18.8 Å². The maximum atomic E-state index is 12.0. The van der Waals surface area contributed by atoms with E-state index in [1.807, 2.05) is 0 Å². The summed E-state index contributed by atoms with van der Waals surface area (Å²) in [7, 11) is 0. The molecule has 22 heavy (non-hydrogen) atoms. The monoisotopic (exact) mass is 299 g/mol. The number of nitrogens with zero attached hydrogens (tertiary/aromatic N) is 5. The Morgan fingerprint density at radius 1 is 1.45 bits per heavy atom. The van der Waals surface area contributed by atoms with Crippen molar-refractivity contribution in [1.29, 1.82) is 5.26 Å². The number of carbonyl (C=O) groups excluding carboxylic acids is 1. The number of carbonyl (C=O) groups is 1. The molecule has 8 nitrogen and oxygen atoms in total. The standard InChI is InChI=1S/C14H17N7O/c15-6-4-7-17-12(16)14(22)19-11-5-8-18-20-13(11)21-9-2-1-3-10-21/h4-5,7-8H,1-3,9-10H2,(H2,16,17)(H,18,19,22)/b7-4+. The van der Waals surface area contributed by atoms with Gasteiger partial charge in [-0.2, -0.15) is 10.4 Å². The molecule has 1 aliphatic heterocycles. The van der Waals surface area contributed by atoms with Gasteiger partial charge in [0.2, 0.25) is 0 Å². The Balaban J connectivity index is 2.12. The molecule has 1 amide bonds. The number of nitriles is 1. The van der Waals surface area contributed by atoms with E-state index in [9.17, 15) is 4.79 Å². The number of rotatable bonds is 3. The minimum Gasteiger partial charge on any atom is -0.379 e. The van der Waals surface area contributed by atoms with Gasteiger partial charge in [0, 0.05) is 25.4 Å². The van der Waals surface area contributed by atoms with Crippen molar-refractivity contribution in [1.82, 2.24) is 10.2 Å². The third-order valence-electron chi connectivity index (χ3n) is 3.20. The number of hydrogen-bond donors (Lipinski definition) is 2. The van der Waals surface area contributed by atoms with Gasteiger partial charge in [0.25, 0.3) is 5.91 Å². The fraction of sp³-hybridized carbons (Fsp3) is 0.357. The number of aliphatic imine (C=N–C) groups is 1. The highest BCUT2D eigenvalue weighted by atomic mass is 16.2. The van der Waals surface area contributed by atoms with Crippen LogP contribution in [0.3, 0.4) is 0 Å². The van der Waals surface area contributed by atoms with Gasteiger partial charge in [-0.3, -0.25) is 4.79 Å². The van der Waals surface area contributed by atoms with Crippen molar-refractivity contribution in [2.24, 2.45) is 10.7 Å². The molecule has 1 saturated heterocycles. The quantitative estimate of drug-likeness (QED) is 0.484. The number of allylic oxidation sites excluding steroid dienone is 1. The van der Waals surface area contributed by atoms with Crippen LogP contribution in [-0.4, -0.2) is 35.0 Å². The average Bonchev–Trinajstić information content (AvgIpc) is 2.56. The zero-order chi connectivity index (χ0) is 15.8. The second-order valence-electron chi connectivity index (χ2n) is 4.73. The lowest BCUT2D eigenvalue weighted by Crippen LogP contribution is -2.33. The van der Waals surface area contributed by atoms with Crippen LogP contribution in [0.4, 0.5) is 11.5 Å². The molecular weight excluding hydrogens is 282 g/mol. The Hall–Kier alpha value is -2.95. The lowest BCUT2D eigenvalue weighted by atomic mass is 10.1. The summed E-state index contributed by atoms with van der Waals surface area (Å²) in [5, 5.41) is 19.0. The van der Waals surface area contributed by atoms with E-state index in [4.69, 9.17) is 11.0 Å². The molecule has 0 bridgehead atoms. The summed E-state index contributed by atoms with van der Waals surface area (Å²) in [5.74, 6) is -0.141. The van der Waals surface area contributed by atoms with Gasteiger partial charge in [0.1, 0.15) is 0 Å². The smallest absolute Gasteiger partial charge is 0.290 e. The number of amidine groups is 1. The third kappa shape index (κ3) is 4.02. The molecule has 0 spiro atoms. The summed E-state index contributed by atoms with van der Waals surface area (Å²) in [6.07, 6.45) is 7.19. The van der Waals surface area contributed by atoms with Crippen LogP contribution in [0.2, 0.25) is 0 Å². The van der Waals surface area contributed by atoms with Crippen molar-refractivity contribution in [3.8, 4) is 6.07 Å². The highest BCUT2D eigenvalue weighted by molar-refractivity contribution is 6.41. The van der Waals surface area contributed by atoms with Crippen LogP contribution in [0.5, 0.6) is 0 Å². The van der Waals surface area contributed by atoms with Crippen molar-refractivity contribution in [2.75, 3.05) is 23.3 Å². The predicted octanol–water partition coefficient (Wildman–Crippen LogP) is 0.800. The summed E-state index contributed by atoms with van der Waals surface area (Å²) in [6.45, 7) is 1.77. The van der Waals surface area contributed by atoms with Gasteiger partial charge in [-0.15, -0.1) is 5.10 Å². The van der Waals surface area contributed by atoms with Crippen LogP contribution in [0.1, 0.15) is 19.3 Å². The fourth-order valence-electron chi connectivity index (χ4n) is 2.16. The molecule has 2 heterocycles. The van der Waals surface area contributed by atoms with Crippen LogP contribution >= 0.6 is 0 Å². The molecule has 3 N–H and O–H groups in total. The summed E-state index contributed by atoms with van der Waals surface area (Å²) in [5.41, 5.74) is 6.11. The second kappa shape index (κ2) is 7.73. The first-order chi connectivity index (χ1) is 10.7. The lowest BCUT2D eigenvalue weighted by Gasteiger charge is -2.28. The van der Waals surface area contributed by atoms with Crippen molar-refractivity contribution >= 4 is 23.2 Å². The Kier molecular flexibility index (Phi) is 5.43. The molecule has 0 radical (unpaired) electrons. The summed E-state index contributed by atoms with van der Waals surface area (Å²) >= 11 is 0. The molecule has 0 aromatic carbocycles. The van der Waals surface area contributed by atoms with Gasteiger partial charge in [-0.1, -0.05) is 0 Å². The van der Waals surface area contributed by atoms with E-state index in [0.29, 0.717) is 11.5 Å². The highest BCUT2D eigenvalue weighted by Gasteiger charge is 2.18. The fourth-order valence-corrected chi connectivity index (χ4v) is 2.16. The number of piperidine rings is 1. The number of aromatic nitrogens is 2. The summed E-state index contributed by atoms with van der Waals surface area (Å²) in [4.78, 5) is 17.8. The highest BCUT2D eigenvalue weighted by Crippen LogP contribution is 2.24. The number of anilines is 2. The molecule has 1 aliphatic rings. The van der Waals surface area contributed by atoms with Crippen molar-refractivity contribution in [2.45, 2.75) is 19.3 Å². The molecule has 0 saturated carbocycles. The molecule has 1 aromatic rings. The predicted molar refractivity (Wildman–Crippen MR) is 83.1 cm³/mol. The Morgan fingerprint density at radius 2 is 2.23 bits per heavy atom. The van der Waals surface area contributed by atoms with Gasteiger partial charge in [-0.05, 0) is 25.3 Å². The third-order valence-corrected chi connectivity index (χ3v) is 3.20. The maximum absolute atomic E-state index is 12.0. The van der Waals surface area contributed by atoms with Crippen LogP contribution in [0.15, 0.2) is 29.5 Å². The zero-order valence-corrected chi connectivity index (χ0v) is 12.1. The molecule has 0 unspecified atom stereocenters. The normalized spacial score (nSPS) is 15.6. The first-order valence-corrected chi connectivity index (χ1v) is 6.98. The van der Waals surface area contributed by atoms with E-state index in [1.54, 1.807) is 12.1 Å². The average molecular weight is 299 g/mol. The minimum atomic E-state index is -0.547.